The van der Waals surface area contributed by atoms with Crippen LogP contribution in [0.15, 0.2) is 89.4 Å². The van der Waals surface area contributed by atoms with Gasteiger partial charge in [-0.25, -0.2) is 0 Å². The van der Waals surface area contributed by atoms with E-state index < -0.39 is 0 Å². The molecular formula is C23H15ClO2. The minimum Gasteiger partial charge on any atom is -0.457 e. The number of carbonyl (C=O) groups is 1. The zero-order valence-electron chi connectivity index (χ0n) is 13.9. The standard InChI is InChI=1S/C23H15ClO2/c24-21-11-4-3-9-20(21)23-15-13-17(26-23)12-14-22(25)19-10-5-7-16-6-1-2-8-18(16)19/h1-15H/b14-12+. The average molecular weight is 359 g/mol. The zero-order chi connectivity index (χ0) is 17.9. The van der Waals surface area contributed by atoms with Crippen LogP contribution in [0.3, 0.4) is 0 Å². The fraction of sp³-hybridized carbons (Fsp3) is 0. The average Bonchev–Trinajstić information content (AvgIpc) is 3.15. The van der Waals surface area contributed by atoms with Gasteiger partial charge >= 0.3 is 0 Å². The van der Waals surface area contributed by atoms with E-state index >= 15 is 0 Å². The highest BCUT2D eigenvalue weighted by atomic mass is 35.5. The summed E-state index contributed by atoms with van der Waals surface area (Å²) in [5, 5.41) is 2.62. The van der Waals surface area contributed by atoms with Gasteiger partial charge in [0.15, 0.2) is 5.78 Å². The van der Waals surface area contributed by atoms with Crippen molar-refractivity contribution in [3.8, 4) is 11.3 Å². The van der Waals surface area contributed by atoms with E-state index in [0.29, 0.717) is 22.1 Å². The maximum Gasteiger partial charge on any atom is 0.186 e. The number of hydrogen-bond donors (Lipinski definition) is 0. The molecule has 0 N–H and O–H groups in total. The maximum atomic E-state index is 12.6. The number of carbonyl (C=O) groups excluding carboxylic acids is 1. The van der Waals surface area contributed by atoms with Crippen LogP contribution in [0.5, 0.6) is 0 Å². The van der Waals surface area contributed by atoms with Crippen LogP contribution in [0.2, 0.25) is 5.02 Å². The fourth-order valence-electron chi connectivity index (χ4n) is 2.94. The molecule has 3 aromatic carbocycles. The van der Waals surface area contributed by atoms with E-state index in [-0.39, 0.29) is 5.78 Å². The molecule has 2 nitrogen and oxygen atoms in total. The molecule has 1 aromatic heterocycles. The molecule has 0 aliphatic heterocycles. The maximum absolute atomic E-state index is 12.6. The van der Waals surface area contributed by atoms with E-state index in [0.717, 1.165) is 16.3 Å². The molecule has 0 bridgehead atoms. The molecule has 4 aromatic rings. The lowest BCUT2D eigenvalue weighted by Gasteiger charge is -2.02. The predicted octanol–water partition coefficient (Wildman–Crippen LogP) is 6.65. The molecule has 0 unspecified atom stereocenters. The van der Waals surface area contributed by atoms with Crippen LogP contribution < -0.4 is 0 Å². The predicted molar refractivity (Wildman–Crippen MR) is 106 cm³/mol. The van der Waals surface area contributed by atoms with Gasteiger partial charge in [0.05, 0.1) is 5.02 Å². The number of ketones is 1. The normalized spacial score (nSPS) is 11.3. The van der Waals surface area contributed by atoms with Crippen molar-refractivity contribution in [2.45, 2.75) is 0 Å². The van der Waals surface area contributed by atoms with Crippen LogP contribution in [-0.4, -0.2) is 5.78 Å². The van der Waals surface area contributed by atoms with Crippen molar-refractivity contribution in [1.82, 2.24) is 0 Å². The van der Waals surface area contributed by atoms with Gasteiger partial charge in [-0.3, -0.25) is 4.79 Å². The molecule has 0 atom stereocenters. The Morgan fingerprint density at radius 2 is 1.62 bits per heavy atom. The highest BCUT2D eigenvalue weighted by molar-refractivity contribution is 6.33. The largest absolute Gasteiger partial charge is 0.457 e. The summed E-state index contributed by atoms with van der Waals surface area (Å²) in [6, 6.07) is 24.8. The summed E-state index contributed by atoms with van der Waals surface area (Å²) in [4.78, 5) is 12.6. The Kier molecular flexibility index (Phi) is 4.42. The van der Waals surface area contributed by atoms with Crippen molar-refractivity contribution in [3.05, 3.63) is 101 Å². The van der Waals surface area contributed by atoms with Crippen LogP contribution in [0.4, 0.5) is 0 Å². The molecule has 0 radical (unpaired) electrons. The summed E-state index contributed by atoms with van der Waals surface area (Å²) in [5.74, 6) is 1.22. The lowest BCUT2D eigenvalue weighted by Crippen LogP contribution is -1.95. The van der Waals surface area contributed by atoms with Crippen molar-refractivity contribution in [2.75, 3.05) is 0 Å². The second-order valence-electron chi connectivity index (χ2n) is 5.91. The molecule has 0 aliphatic rings. The van der Waals surface area contributed by atoms with Gasteiger partial charge in [-0.15, -0.1) is 0 Å². The highest BCUT2D eigenvalue weighted by Gasteiger charge is 2.09. The Bertz CT molecular complexity index is 1120. The van der Waals surface area contributed by atoms with E-state index in [1.807, 2.05) is 78.9 Å². The SMILES string of the molecule is O=C(/C=C/c1ccc(-c2ccccc2Cl)o1)c1cccc2ccccc12. The van der Waals surface area contributed by atoms with Crippen LogP contribution in [0, 0.1) is 0 Å². The monoisotopic (exact) mass is 358 g/mol. The molecule has 0 aliphatic carbocycles. The number of allylic oxidation sites excluding steroid dienone is 1. The molecule has 0 spiro atoms. The van der Waals surface area contributed by atoms with Gasteiger partial charge in [0, 0.05) is 11.1 Å². The number of hydrogen-bond acceptors (Lipinski definition) is 2. The molecular weight excluding hydrogens is 344 g/mol. The summed E-state index contributed by atoms with van der Waals surface area (Å²) in [6.45, 7) is 0. The van der Waals surface area contributed by atoms with Crippen molar-refractivity contribution in [2.24, 2.45) is 0 Å². The number of halogens is 1. The Morgan fingerprint density at radius 3 is 2.50 bits per heavy atom. The minimum atomic E-state index is -0.0579. The first-order valence-electron chi connectivity index (χ1n) is 8.27. The Hall–Kier alpha value is -3.10. The van der Waals surface area contributed by atoms with E-state index in [2.05, 4.69) is 0 Å². The van der Waals surface area contributed by atoms with Crippen molar-refractivity contribution < 1.29 is 9.21 Å². The third-order valence-corrected chi connectivity index (χ3v) is 4.55. The van der Waals surface area contributed by atoms with Crippen LogP contribution in [0.1, 0.15) is 16.1 Å². The van der Waals surface area contributed by atoms with Gasteiger partial charge in [0.25, 0.3) is 0 Å². The van der Waals surface area contributed by atoms with Crippen molar-refractivity contribution >= 4 is 34.2 Å². The summed E-state index contributed by atoms with van der Waals surface area (Å²) in [6.07, 6.45) is 3.22. The summed E-state index contributed by atoms with van der Waals surface area (Å²) in [7, 11) is 0. The molecule has 0 saturated heterocycles. The van der Waals surface area contributed by atoms with Gasteiger partial charge in [0.2, 0.25) is 0 Å². The lowest BCUT2D eigenvalue weighted by molar-refractivity contribution is 0.104. The Labute approximate surface area is 156 Å². The van der Waals surface area contributed by atoms with E-state index in [9.17, 15) is 4.79 Å². The lowest BCUT2D eigenvalue weighted by atomic mass is 10.0. The molecule has 3 heteroatoms. The topological polar surface area (TPSA) is 30.2 Å². The zero-order valence-corrected chi connectivity index (χ0v) is 14.6. The second kappa shape index (κ2) is 7.03. The van der Waals surface area contributed by atoms with Gasteiger partial charge < -0.3 is 4.42 Å². The van der Waals surface area contributed by atoms with Gasteiger partial charge in [-0.2, -0.15) is 0 Å². The first-order chi connectivity index (χ1) is 12.7. The summed E-state index contributed by atoms with van der Waals surface area (Å²) >= 11 is 6.20. The molecule has 4 rings (SSSR count). The number of furan rings is 1. The van der Waals surface area contributed by atoms with Crippen molar-refractivity contribution in [1.29, 1.82) is 0 Å². The van der Waals surface area contributed by atoms with Crippen LogP contribution in [-0.2, 0) is 0 Å². The quantitative estimate of drug-likeness (QED) is 0.302. The molecule has 1 heterocycles. The van der Waals surface area contributed by atoms with Crippen molar-refractivity contribution in [3.63, 3.8) is 0 Å². The molecule has 126 valence electrons. The molecule has 0 fully saturated rings. The third kappa shape index (κ3) is 3.19. The van der Waals surface area contributed by atoms with E-state index in [1.165, 1.54) is 6.08 Å². The van der Waals surface area contributed by atoms with E-state index in [1.54, 1.807) is 6.08 Å². The molecule has 0 amide bonds. The molecule has 26 heavy (non-hydrogen) atoms. The number of fused-ring (bicyclic) bond motifs is 1. The number of benzene rings is 3. The minimum absolute atomic E-state index is 0.0579. The number of rotatable bonds is 4. The second-order valence-corrected chi connectivity index (χ2v) is 6.31. The Morgan fingerprint density at radius 1 is 0.846 bits per heavy atom. The van der Waals surface area contributed by atoms with Gasteiger partial charge in [-0.1, -0.05) is 66.2 Å². The summed E-state index contributed by atoms with van der Waals surface area (Å²) < 4.78 is 5.80. The third-order valence-electron chi connectivity index (χ3n) is 4.22. The smallest absolute Gasteiger partial charge is 0.186 e. The van der Waals surface area contributed by atoms with Gasteiger partial charge in [-0.05, 0) is 47.2 Å². The van der Waals surface area contributed by atoms with Crippen LogP contribution >= 0.6 is 11.6 Å². The van der Waals surface area contributed by atoms with E-state index in [4.69, 9.17) is 16.0 Å². The molecule has 0 saturated carbocycles. The first-order valence-corrected chi connectivity index (χ1v) is 8.65. The summed E-state index contributed by atoms with van der Waals surface area (Å²) in [5.41, 5.74) is 1.51. The first kappa shape index (κ1) is 16.4. The fourth-order valence-corrected chi connectivity index (χ4v) is 3.16. The Balaban J connectivity index is 1.60. The van der Waals surface area contributed by atoms with Gasteiger partial charge in [0.1, 0.15) is 11.5 Å². The van der Waals surface area contributed by atoms with Crippen LogP contribution in [0.25, 0.3) is 28.2 Å². The highest BCUT2D eigenvalue weighted by Crippen LogP contribution is 2.29.